The summed E-state index contributed by atoms with van der Waals surface area (Å²) in [5, 5.41) is 9.39. The fourth-order valence-electron chi connectivity index (χ4n) is 2.01. The number of nitriles is 1. The largest absolute Gasteiger partial charge is 0.463 e. The van der Waals surface area contributed by atoms with Crippen LogP contribution < -0.4 is 4.90 Å². The van der Waals surface area contributed by atoms with Crippen molar-refractivity contribution < 1.29 is 13.9 Å². The average molecular weight is 335 g/mol. The molecular formula is C15H15ClN4O3. The summed E-state index contributed by atoms with van der Waals surface area (Å²) in [6.07, 6.45) is 2.61. The van der Waals surface area contributed by atoms with Crippen LogP contribution in [0, 0.1) is 11.3 Å². The van der Waals surface area contributed by atoms with Crippen molar-refractivity contribution in [3.05, 3.63) is 29.2 Å². The average Bonchev–Trinajstić information content (AvgIpc) is 3.09. The number of halogens is 1. The van der Waals surface area contributed by atoms with Crippen molar-refractivity contribution >= 4 is 23.7 Å². The first-order valence-electron chi connectivity index (χ1n) is 6.90. The minimum Gasteiger partial charge on any atom is -0.463 e. The number of furan rings is 1. The Kier molecular flexibility index (Phi) is 6.09. The van der Waals surface area contributed by atoms with Gasteiger partial charge in [-0.15, -0.1) is 0 Å². The third kappa shape index (κ3) is 4.06. The van der Waals surface area contributed by atoms with E-state index in [0.717, 1.165) is 6.29 Å². The van der Waals surface area contributed by atoms with Gasteiger partial charge in [0.1, 0.15) is 18.0 Å². The lowest BCUT2D eigenvalue weighted by Gasteiger charge is -2.23. The molecule has 0 atom stereocenters. The van der Waals surface area contributed by atoms with Crippen LogP contribution >= 0.6 is 11.6 Å². The van der Waals surface area contributed by atoms with Crippen molar-refractivity contribution in [2.24, 2.45) is 0 Å². The predicted octanol–water partition coefficient (Wildman–Crippen LogP) is 2.30. The number of aromatic nitrogens is 2. The third-order valence-corrected chi connectivity index (χ3v) is 3.34. The van der Waals surface area contributed by atoms with Crippen LogP contribution in [0.2, 0.25) is 5.15 Å². The summed E-state index contributed by atoms with van der Waals surface area (Å²) in [6, 6.07) is 5.40. The molecule has 0 unspecified atom stereocenters. The Morgan fingerprint density at radius 2 is 2.30 bits per heavy atom. The van der Waals surface area contributed by atoms with Gasteiger partial charge in [-0.1, -0.05) is 11.6 Å². The highest BCUT2D eigenvalue weighted by Crippen LogP contribution is 2.29. The van der Waals surface area contributed by atoms with Gasteiger partial charge in [-0.3, -0.25) is 0 Å². The molecule has 7 nitrogen and oxygen atoms in total. The fourth-order valence-corrected chi connectivity index (χ4v) is 2.23. The molecule has 8 heteroatoms. The van der Waals surface area contributed by atoms with E-state index in [9.17, 15) is 10.1 Å². The first-order chi connectivity index (χ1) is 11.2. The van der Waals surface area contributed by atoms with Gasteiger partial charge in [-0.2, -0.15) is 5.26 Å². The van der Waals surface area contributed by atoms with E-state index >= 15 is 0 Å². The topological polar surface area (TPSA) is 92.2 Å². The quantitative estimate of drug-likeness (QED) is 0.684. The summed E-state index contributed by atoms with van der Waals surface area (Å²) >= 11 is 6.10. The molecule has 2 rings (SSSR count). The fraction of sp³-hybridized carbons (Fsp3) is 0.333. The van der Waals surface area contributed by atoms with Crippen LogP contribution in [0.3, 0.4) is 0 Å². The van der Waals surface area contributed by atoms with E-state index in [1.54, 1.807) is 24.1 Å². The minimum atomic E-state index is 0.0855. The number of carbonyl (C=O) groups excluding carboxylic acids is 1. The highest BCUT2D eigenvalue weighted by molar-refractivity contribution is 6.31. The Balaban J connectivity index is 2.46. The van der Waals surface area contributed by atoms with Gasteiger partial charge >= 0.3 is 0 Å². The number of aldehydes is 1. The molecule has 0 N–H and O–H groups in total. The van der Waals surface area contributed by atoms with E-state index < -0.39 is 0 Å². The number of nitrogens with zero attached hydrogens (tertiary/aromatic N) is 4. The highest BCUT2D eigenvalue weighted by Gasteiger charge is 2.20. The highest BCUT2D eigenvalue weighted by atomic mass is 35.5. The van der Waals surface area contributed by atoms with Crippen LogP contribution in [0.4, 0.5) is 5.82 Å². The molecule has 2 aromatic rings. The molecule has 0 saturated carbocycles. The molecule has 23 heavy (non-hydrogen) atoms. The number of carbonyl (C=O) groups is 1. The van der Waals surface area contributed by atoms with Crippen molar-refractivity contribution in [1.82, 2.24) is 9.97 Å². The molecule has 2 heterocycles. The molecule has 0 aliphatic carbocycles. The van der Waals surface area contributed by atoms with Crippen LogP contribution in [0.1, 0.15) is 12.1 Å². The zero-order valence-corrected chi connectivity index (χ0v) is 13.3. The Morgan fingerprint density at radius 1 is 1.48 bits per heavy atom. The Bertz CT molecular complexity index is 697. The second-order valence-electron chi connectivity index (χ2n) is 4.56. The predicted molar refractivity (Wildman–Crippen MR) is 84.2 cm³/mol. The lowest BCUT2D eigenvalue weighted by Crippen LogP contribution is -2.30. The lowest BCUT2D eigenvalue weighted by atomic mass is 10.3. The molecule has 2 aromatic heterocycles. The molecule has 120 valence electrons. The second kappa shape index (κ2) is 8.27. The maximum absolute atomic E-state index is 10.7. The van der Waals surface area contributed by atoms with Crippen molar-refractivity contribution in [3.63, 3.8) is 0 Å². The van der Waals surface area contributed by atoms with Crippen molar-refractivity contribution in [2.75, 3.05) is 31.7 Å². The van der Waals surface area contributed by atoms with Crippen LogP contribution in [0.5, 0.6) is 0 Å². The van der Waals surface area contributed by atoms with Gasteiger partial charge in [-0.05, 0) is 12.1 Å². The van der Waals surface area contributed by atoms with E-state index in [1.807, 2.05) is 6.07 Å². The molecule has 0 amide bonds. The first kappa shape index (κ1) is 16.9. The van der Waals surface area contributed by atoms with Crippen LogP contribution in [0.25, 0.3) is 11.5 Å². The van der Waals surface area contributed by atoms with Gasteiger partial charge in [-0.25, -0.2) is 9.97 Å². The Labute approximate surface area is 138 Å². The Morgan fingerprint density at radius 3 is 2.91 bits per heavy atom. The zero-order chi connectivity index (χ0) is 16.7. The van der Waals surface area contributed by atoms with E-state index in [-0.39, 0.29) is 10.8 Å². The zero-order valence-electron chi connectivity index (χ0n) is 12.5. The SMILES string of the molecule is COCCN(CCC=O)c1nc(-c2ccco2)c(Cl)nc1C#N. The van der Waals surface area contributed by atoms with Crippen molar-refractivity contribution in [1.29, 1.82) is 5.26 Å². The molecule has 0 radical (unpaired) electrons. The van der Waals surface area contributed by atoms with Gasteiger partial charge in [0.25, 0.3) is 0 Å². The van der Waals surface area contributed by atoms with Gasteiger partial charge in [0.2, 0.25) is 0 Å². The number of ether oxygens (including phenoxy) is 1. The van der Waals surface area contributed by atoms with Crippen LogP contribution in [0.15, 0.2) is 22.8 Å². The maximum atomic E-state index is 10.7. The van der Waals surface area contributed by atoms with Gasteiger partial charge in [0.05, 0.1) is 12.9 Å². The smallest absolute Gasteiger partial charge is 0.184 e. The van der Waals surface area contributed by atoms with Crippen LogP contribution in [-0.2, 0) is 9.53 Å². The minimum absolute atomic E-state index is 0.0855. The standard InChI is InChI=1S/C15H15ClN4O3/c1-22-9-6-20(5-3-7-21)15-11(10-17)18-14(16)13(19-15)12-4-2-8-23-12/h2,4,7-8H,3,5-6,9H2,1H3. The van der Waals surface area contributed by atoms with Gasteiger partial charge in [0, 0.05) is 26.6 Å². The van der Waals surface area contributed by atoms with Gasteiger partial charge < -0.3 is 18.8 Å². The number of methoxy groups -OCH3 is 1. The Hall–Kier alpha value is -2.43. The number of hydrogen-bond acceptors (Lipinski definition) is 7. The maximum Gasteiger partial charge on any atom is 0.184 e. The van der Waals surface area contributed by atoms with E-state index in [0.29, 0.717) is 43.4 Å². The van der Waals surface area contributed by atoms with Crippen molar-refractivity contribution in [3.8, 4) is 17.5 Å². The second-order valence-corrected chi connectivity index (χ2v) is 4.92. The molecule has 0 fully saturated rings. The van der Waals surface area contributed by atoms with Crippen LogP contribution in [-0.4, -0.2) is 43.1 Å². The van der Waals surface area contributed by atoms with Gasteiger partial charge in [0.15, 0.2) is 22.4 Å². The molecule has 0 saturated heterocycles. The first-order valence-corrected chi connectivity index (χ1v) is 7.28. The summed E-state index contributed by atoms with van der Waals surface area (Å²) in [5.41, 5.74) is 0.437. The van der Waals surface area contributed by atoms with E-state index in [2.05, 4.69) is 9.97 Å². The summed E-state index contributed by atoms with van der Waals surface area (Å²) < 4.78 is 10.4. The lowest BCUT2D eigenvalue weighted by molar-refractivity contribution is -0.107. The summed E-state index contributed by atoms with van der Waals surface area (Å²) in [4.78, 5) is 21.0. The number of anilines is 1. The van der Waals surface area contributed by atoms with E-state index in [1.165, 1.54) is 6.26 Å². The molecule has 0 spiro atoms. The molecule has 0 aromatic carbocycles. The summed E-state index contributed by atoms with van der Waals surface area (Å²) in [5.74, 6) is 0.803. The third-order valence-electron chi connectivity index (χ3n) is 3.08. The molecular weight excluding hydrogens is 320 g/mol. The molecule has 0 aliphatic heterocycles. The summed E-state index contributed by atoms with van der Waals surface area (Å²) in [6.45, 7) is 1.28. The summed E-state index contributed by atoms with van der Waals surface area (Å²) in [7, 11) is 1.57. The van der Waals surface area contributed by atoms with Crippen molar-refractivity contribution in [2.45, 2.75) is 6.42 Å². The number of hydrogen-bond donors (Lipinski definition) is 0. The normalized spacial score (nSPS) is 10.3. The molecule has 0 bridgehead atoms. The monoisotopic (exact) mass is 334 g/mol. The van der Waals surface area contributed by atoms with E-state index in [4.69, 9.17) is 20.8 Å². The number of rotatable bonds is 8. The molecule has 0 aliphatic rings.